The molecular formula is C14H20IN3OSi. The molecule has 0 saturated heterocycles. The van der Waals surface area contributed by atoms with Gasteiger partial charge in [0.15, 0.2) is 0 Å². The Kier molecular flexibility index (Phi) is 5.33. The Labute approximate surface area is 134 Å². The number of pyridine rings is 1. The number of aromatic nitrogens is 3. The zero-order valence-electron chi connectivity index (χ0n) is 12.1. The van der Waals surface area contributed by atoms with E-state index in [0.717, 1.165) is 21.7 Å². The molecule has 0 atom stereocenters. The Hall–Kier alpha value is -0.733. The molecule has 0 aromatic carbocycles. The summed E-state index contributed by atoms with van der Waals surface area (Å²) in [5, 5.41) is 0. The number of imidazole rings is 1. The summed E-state index contributed by atoms with van der Waals surface area (Å²) in [5.74, 6) is 0.913. The maximum absolute atomic E-state index is 5.81. The maximum Gasteiger partial charge on any atom is 0.144 e. The molecule has 4 nitrogen and oxygen atoms in total. The van der Waals surface area contributed by atoms with E-state index in [4.69, 9.17) is 4.74 Å². The lowest BCUT2D eigenvalue weighted by atomic mass is 10.3. The van der Waals surface area contributed by atoms with Crippen molar-refractivity contribution in [1.29, 1.82) is 0 Å². The van der Waals surface area contributed by atoms with Gasteiger partial charge in [-0.1, -0.05) is 19.6 Å². The van der Waals surface area contributed by atoms with Crippen LogP contribution in [0.25, 0.3) is 11.4 Å². The van der Waals surface area contributed by atoms with Gasteiger partial charge in [0.2, 0.25) is 0 Å². The van der Waals surface area contributed by atoms with Crippen LogP contribution in [0.15, 0.2) is 30.7 Å². The van der Waals surface area contributed by atoms with Crippen LogP contribution in [0.1, 0.15) is 0 Å². The second-order valence-electron chi connectivity index (χ2n) is 5.95. The van der Waals surface area contributed by atoms with Crippen molar-refractivity contribution in [2.75, 3.05) is 6.61 Å². The van der Waals surface area contributed by atoms with E-state index in [0.29, 0.717) is 6.73 Å². The molecule has 0 N–H and O–H groups in total. The van der Waals surface area contributed by atoms with Crippen molar-refractivity contribution < 1.29 is 4.74 Å². The van der Waals surface area contributed by atoms with E-state index >= 15 is 0 Å². The first-order valence-corrected chi connectivity index (χ1v) is 11.5. The standard InChI is InChI=1S/C14H20IN3OSi/c1-20(2,3)8-7-19-11-18-10-13(15)17-14(18)12-5-4-6-16-9-12/h4-6,9-10H,7-8,11H2,1-3H3. The molecule has 0 saturated carbocycles. The summed E-state index contributed by atoms with van der Waals surface area (Å²) in [5.41, 5.74) is 1.02. The van der Waals surface area contributed by atoms with Crippen molar-refractivity contribution in [3.05, 3.63) is 34.4 Å². The summed E-state index contributed by atoms with van der Waals surface area (Å²) in [6.07, 6.45) is 5.61. The summed E-state index contributed by atoms with van der Waals surface area (Å²) >= 11 is 2.23. The molecule has 108 valence electrons. The van der Waals surface area contributed by atoms with Crippen LogP contribution in [0.2, 0.25) is 25.7 Å². The molecular weight excluding hydrogens is 381 g/mol. The largest absolute Gasteiger partial charge is 0.361 e. The fourth-order valence-electron chi connectivity index (χ4n) is 1.75. The van der Waals surface area contributed by atoms with Gasteiger partial charge in [-0.05, 0) is 40.8 Å². The predicted molar refractivity (Wildman–Crippen MR) is 92.3 cm³/mol. The van der Waals surface area contributed by atoms with Crippen LogP contribution in [-0.4, -0.2) is 29.2 Å². The number of rotatable bonds is 6. The summed E-state index contributed by atoms with van der Waals surface area (Å²) < 4.78 is 8.82. The normalized spacial score (nSPS) is 11.8. The molecule has 2 aromatic heterocycles. The molecule has 0 radical (unpaired) electrons. The van der Waals surface area contributed by atoms with E-state index in [1.54, 1.807) is 6.20 Å². The molecule has 2 rings (SSSR count). The average molecular weight is 401 g/mol. The van der Waals surface area contributed by atoms with Crippen molar-refractivity contribution in [2.45, 2.75) is 32.4 Å². The van der Waals surface area contributed by atoms with Crippen LogP contribution < -0.4 is 0 Å². The van der Waals surface area contributed by atoms with Gasteiger partial charge in [-0.15, -0.1) is 0 Å². The lowest BCUT2D eigenvalue weighted by Crippen LogP contribution is -2.22. The van der Waals surface area contributed by atoms with Gasteiger partial charge in [0, 0.05) is 38.8 Å². The minimum atomic E-state index is -1.03. The molecule has 0 bridgehead atoms. The number of ether oxygens (including phenoxy) is 1. The first kappa shape index (κ1) is 15.7. The summed E-state index contributed by atoms with van der Waals surface area (Å²) in [6, 6.07) is 5.12. The molecule has 20 heavy (non-hydrogen) atoms. The third kappa shape index (κ3) is 4.67. The number of hydrogen-bond donors (Lipinski definition) is 0. The third-order valence-electron chi connectivity index (χ3n) is 2.89. The lowest BCUT2D eigenvalue weighted by molar-refractivity contribution is 0.0882. The molecule has 0 fully saturated rings. The molecule has 2 heterocycles. The topological polar surface area (TPSA) is 39.9 Å². The monoisotopic (exact) mass is 401 g/mol. The Morgan fingerprint density at radius 3 is 2.80 bits per heavy atom. The fourth-order valence-corrected chi connectivity index (χ4v) is 3.07. The van der Waals surface area contributed by atoms with E-state index in [2.05, 4.69) is 52.2 Å². The molecule has 0 aliphatic rings. The van der Waals surface area contributed by atoms with E-state index in [1.165, 1.54) is 6.04 Å². The average Bonchev–Trinajstić information content (AvgIpc) is 2.76. The molecule has 0 aliphatic carbocycles. The molecule has 6 heteroatoms. The molecule has 0 spiro atoms. The summed E-state index contributed by atoms with van der Waals surface area (Å²) in [6.45, 7) is 8.44. The SMILES string of the molecule is C[Si](C)(C)CCOCn1cc(I)nc1-c1cccnc1. The van der Waals surface area contributed by atoms with Crippen LogP contribution in [0, 0.1) is 3.70 Å². The quantitative estimate of drug-likeness (QED) is 0.419. The highest BCUT2D eigenvalue weighted by molar-refractivity contribution is 14.1. The zero-order valence-corrected chi connectivity index (χ0v) is 15.3. The Morgan fingerprint density at radius 2 is 2.15 bits per heavy atom. The molecule has 2 aromatic rings. The van der Waals surface area contributed by atoms with Gasteiger partial charge in [0.25, 0.3) is 0 Å². The van der Waals surface area contributed by atoms with Crippen LogP contribution in [0.4, 0.5) is 0 Å². The van der Waals surface area contributed by atoms with Crippen LogP contribution >= 0.6 is 22.6 Å². The first-order chi connectivity index (χ1) is 9.46. The first-order valence-electron chi connectivity index (χ1n) is 6.66. The number of hydrogen-bond acceptors (Lipinski definition) is 3. The van der Waals surface area contributed by atoms with Gasteiger partial charge in [-0.3, -0.25) is 4.98 Å². The smallest absolute Gasteiger partial charge is 0.144 e. The zero-order chi connectivity index (χ0) is 14.6. The Morgan fingerprint density at radius 1 is 1.35 bits per heavy atom. The molecule has 0 amide bonds. The van der Waals surface area contributed by atoms with Gasteiger partial charge in [0.1, 0.15) is 16.3 Å². The lowest BCUT2D eigenvalue weighted by Gasteiger charge is -2.16. The van der Waals surface area contributed by atoms with Crippen molar-refractivity contribution in [3.8, 4) is 11.4 Å². The minimum Gasteiger partial charge on any atom is -0.361 e. The highest BCUT2D eigenvalue weighted by atomic mass is 127. The van der Waals surface area contributed by atoms with Crippen molar-refractivity contribution in [1.82, 2.24) is 14.5 Å². The predicted octanol–water partition coefficient (Wildman–Crippen LogP) is 3.86. The number of halogens is 1. The van der Waals surface area contributed by atoms with Gasteiger partial charge in [-0.25, -0.2) is 4.98 Å². The second-order valence-corrected chi connectivity index (χ2v) is 12.7. The van der Waals surface area contributed by atoms with Crippen molar-refractivity contribution in [3.63, 3.8) is 0 Å². The van der Waals surface area contributed by atoms with Gasteiger partial charge in [-0.2, -0.15) is 0 Å². The van der Waals surface area contributed by atoms with E-state index in [9.17, 15) is 0 Å². The van der Waals surface area contributed by atoms with Crippen LogP contribution in [-0.2, 0) is 11.5 Å². The highest BCUT2D eigenvalue weighted by Crippen LogP contribution is 2.19. The summed E-state index contributed by atoms with van der Waals surface area (Å²) in [7, 11) is -1.03. The van der Waals surface area contributed by atoms with Crippen LogP contribution in [0.3, 0.4) is 0 Å². The van der Waals surface area contributed by atoms with E-state index in [-0.39, 0.29) is 0 Å². The maximum atomic E-state index is 5.81. The van der Waals surface area contributed by atoms with Gasteiger partial charge >= 0.3 is 0 Å². The molecule has 0 aliphatic heterocycles. The van der Waals surface area contributed by atoms with Crippen molar-refractivity contribution in [2.24, 2.45) is 0 Å². The van der Waals surface area contributed by atoms with E-state index in [1.807, 2.05) is 29.1 Å². The molecule has 0 unspecified atom stereocenters. The van der Waals surface area contributed by atoms with Gasteiger partial charge in [0.05, 0.1) is 0 Å². The van der Waals surface area contributed by atoms with Crippen molar-refractivity contribution >= 4 is 30.7 Å². The minimum absolute atomic E-state index is 0.546. The summed E-state index contributed by atoms with van der Waals surface area (Å²) in [4.78, 5) is 8.70. The Balaban J connectivity index is 2.02. The van der Waals surface area contributed by atoms with Crippen LogP contribution in [0.5, 0.6) is 0 Å². The second kappa shape index (κ2) is 6.82. The highest BCUT2D eigenvalue weighted by Gasteiger charge is 2.13. The number of nitrogens with zero attached hydrogens (tertiary/aromatic N) is 3. The fraction of sp³-hybridized carbons (Fsp3) is 0.429. The Bertz CT molecular complexity index is 551. The van der Waals surface area contributed by atoms with Gasteiger partial charge < -0.3 is 9.30 Å². The van der Waals surface area contributed by atoms with E-state index < -0.39 is 8.07 Å². The third-order valence-corrected chi connectivity index (χ3v) is 5.12.